The number of hydrogen-bond donors (Lipinski definition) is 2. The van der Waals surface area contributed by atoms with Crippen molar-refractivity contribution in [3.05, 3.63) is 41.6 Å². The molecule has 2 atom stereocenters. The van der Waals surface area contributed by atoms with E-state index in [1.807, 2.05) is 7.05 Å². The number of nitrogens with one attached hydrogen (secondary N) is 2. The van der Waals surface area contributed by atoms with Gasteiger partial charge in [0.1, 0.15) is 11.4 Å². The smallest absolute Gasteiger partial charge is 0.421 e. The molecule has 2 aliphatic rings. The summed E-state index contributed by atoms with van der Waals surface area (Å²) in [5, 5.41) is 5.72. The minimum absolute atomic E-state index is 0.0457. The number of hydrogen-bond acceptors (Lipinski definition) is 8. The summed E-state index contributed by atoms with van der Waals surface area (Å²) in [4.78, 5) is 37.0. The van der Waals surface area contributed by atoms with Crippen LogP contribution in [0, 0.1) is 5.92 Å². The molecule has 0 radical (unpaired) electrons. The maximum atomic E-state index is 13.7. The summed E-state index contributed by atoms with van der Waals surface area (Å²) in [6.45, 7) is 1.89. The topological polar surface area (TPSA) is 99.7 Å². The molecule has 1 aromatic heterocycles. The number of carbonyl (C=O) groups excluding carboxylic acids is 2. The van der Waals surface area contributed by atoms with Crippen molar-refractivity contribution >= 4 is 29.3 Å². The molecule has 1 amide bonds. The monoisotopic (exact) mass is 534 g/mol. The van der Waals surface area contributed by atoms with Crippen LogP contribution in [-0.2, 0) is 15.7 Å². The normalized spacial score (nSPS) is 20.7. The van der Waals surface area contributed by atoms with Crippen LogP contribution in [0.2, 0.25) is 0 Å². The number of halogens is 3. The highest BCUT2D eigenvalue weighted by atomic mass is 19.4. The molecule has 2 heterocycles. The molecule has 0 bridgehead atoms. The molecule has 0 unspecified atom stereocenters. The van der Waals surface area contributed by atoms with Crippen molar-refractivity contribution in [2.24, 2.45) is 5.92 Å². The summed E-state index contributed by atoms with van der Waals surface area (Å²) in [6, 6.07) is 6.31. The van der Waals surface area contributed by atoms with E-state index in [9.17, 15) is 22.8 Å². The summed E-state index contributed by atoms with van der Waals surface area (Å²) in [5.74, 6) is -1.54. The first-order chi connectivity index (χ1) is 18.1. The van der Waals surface area contributed by atoms with E-state index in [0.29, 0.717) is 36.7 Å². The maximum Gasteiger partial charge on any atom is 0.421 e. The molecule has 2 fully saturated rings. The lowest BCUT2D eigenvalue weighted by Gasteiger charge is -2.35. The number of piperidine rings is 1. The van der Waals surface area contributed by atoms with Gasteiger partial charge in [-0.3, -0.25) is 9.59 Å². The van der Waals surface area contributed by atoms with Gasteiger partial charge in [-0.1, -0.05) is 6.42 Å². The van der Waals surface area contributed by atoms with E-state index >= 15 is 0 Å². The van der Waals surface area contributed by atoms with E-state index in [4.69, 9.17) is 4.74 Å². The molecular formula is C26H33F3N6O3. The lowest BCUT2D eigenvalue weighted by atomic mass is 10.0. The fourth-order valence-corrected chi connectivity index (χ4v) is 5.08. The third-order valence-electron chi connectivity index (χ3n) is 7.38. The highest BCUT2D eigenvalue weighted by Gasteiger charge is 2.39. The number of aromatic nitrogens is 2. The van der Waals surface area contributed by atoms with Gasteiger partial charge in [-0.25, -0.2) is 4.98 Å². The second-order valence-corrected chi connectivity index (χ2v) is 9.92. The van der Waals surface area contributed by atoms with Crippen molar-refractivity contribution in [3.63, 3.8) is 0 Å². The van der Waals surface area contributed by atoms with Crippen LogP contribution in [0.5, 0.6) is 0 Å². The number of carbonyl (C=O) groups is 2. The standard InChI is InChI=1S/C26H33F3N6O3/c1-34-13-11-18(12-14-34)35(2)23(36)16-7-9-17(10-8-16)31-25-30-15-20(26(27,28)29)22(33-25)32-21-6-4-5-19(21)24(37)38-3/h7-10,15,18-19,21H,4-6,11-14H2,1-3H3,(H2,30,31,32,33)/t19-,21+/m0/s1. The number of likely N-dealkylation sites (tertiary alicyclic amines) is 1. The first kappa shape index (κ1) is 27.6. The van der Waals surface area contributed by atoms with Gasteiger partial charge in [-0.15, -0.1) is 0 Å². The molecule has 38 heavy (non-hydrogen) atoms. The van der Waals surface area contributed by atoms with E-state index in [1.165, 1.54) is 7.11 Å². The average molecular weight is 535 g/mol. The Kier molecular flexibility index (Phi) is 8.39. The van der Waals surface area contributed by atoms with Crippen molar-refractivity contribution in [3.8, 4) is 0 Å². The highest BCUT2D eigenvalue weighted by Crippen LogP contribution is 2.37. The van der Waals surface area contributed by atoms with Crippen LogP contribution >= 0.6 is 0 Å². The van der Waals surface area contributed by atoms with Crippen molar-refractivity contribution < 1.29 is 27.5 Å². The summed E-state index contributed by atoms with van der Waals surface area (Å²) >= 11 is 0. The Morgan fingerprint density at radius 3 is 2.42 bits per heavy atom. The number of rotatable bonds is 7. The zero-order valence-corrected chi connectivity index (χ0v) is 21.7. The van der Waals surface area contributed by atoms with Crippen molar-refractivity contribution in [1.82, 2.24) is 19.8 Å². The zero-order valence-electron chi connectivity index (χ0n) is 21.7. The van der Waals surface area contributed by atoms with Crippen LogP contribution in [0.25, 0.3) is 0 Å². The van der Waals surface area contributed by atoms with Crippen LogP contribution in [0.4, 0.5) is 30.6 Å². The average Bonchev–Trinajstić information content (AvgIpc) is 3.36. The van der Waals surface area contributed by atoms with Crippen LogP contribution in [0.3, 0.4) is 0 Å². The Balaban J connectivity index is 1.47. The summed E-state index contributed by atoms with van der Waals surface area (Å²) in [5.41, 5.74) is 0.0155. The van der Waals surface area contributed by atoms with Crippen LogP contribution < -0.4 is 10.6 Å². The largest absolute Gasteiger partial charge is 0.469 e. The summed E-state index contributed by atoms with van der Waals surface area (Å²) < 4.78 is 45.8. The van der Waals surface area contributed by atoms with Crippen molar-refractivity contribution in [1.29, 1.82) is 0 Å². The van der Waals surface area contributed by atoms with Gasteiger partial charge in [-0.05, 0) is 70.1 Å². The summed E-state index contributed by atoms with van der Waals surface area (Å²) in [7, 11) is 5.14. The van der Waals surface area contributed by atoms with Gasteiger partial charge in [0.15, 0.2) is 0 Å². The van der Waals surface area contributed by atoms with Crippen molar-refractivity contribution in [2.75, 3.05) is 44.9 Å². The van der Waals surface area contributed by atoms with E-state index < -0.39 is 35.5 Å². The van der Waals surface area contributed by atoms with E-state index in [0.717, 1.165) is 25.9 Å². The van der Waals surface area contributed by atoms with Crippen LogP contribution in [0.1, 0.15) is 48.0 Å². The molecule has 2 aromatic rings. The van der Waals surface area contributed by atoms with Crippen molar-refractivity contribution in [2.45, 2.75) is 50.4 Å². The first-order valence-electron chi connectivity index (χ1n) is 12.7. The molecular weight excluding hydrogens is 501 g/mol. The Hall–Kier alpha value is -3.41. The van der Waals surface area contributed by atoms with Gasteiger partial charge in [0, 0.05) is 36.6 Å². The Bertz CT molecular complexity index is 1140. The lowest BCUT2D eigenvalue weighted by Crippen LogP contribution is -2.44. The van der Waals surface area contributed by atoms with Gasteiger partial charge in [0.2, 0.25) is 5.95 Å². The fourth-order valence-electron chi connectivity index (χ4n) is 5.08. The van der Waals surface area contributed by atoms with Crippen LogP contribution in [0.15, 0.2) is 30.5 Å². The molecule has 2 N–H and O–H groups in total. The van der Waals surface area contributed by atoms with E-state index in [-0.39, 0.29) is 17.9 Å². The lowest BCUT2D eigenvalue weighted by molar-refractivity contribution is -0.145. The predicted octanol–water partition coefficient (Wildman–Crippen LogP) is 4.16. The molecule has 12 heteroatoms. The molecule has 206 valence electrons. The molecule has 1 saturated carbocycles. The quantitative estimate of drug-likeness (QED) is 0.511. The number of alkyl halides is 3. The zero-order chi connectivity index (χ0) is 27.4. The Morgan fingerprint density at radius 2 is 1.79 bits per heavy atom. The third-order valence-corrected chi connectivity index (χ3v) is 7.38. The predicted molar refractivity (Wildman–Crippen MR) is 136 cm³/mol. The minimum Gasteiger partial charge on any atom is -0.469 e. The minimum atomic E-state index is -4.68. The van der Waals surface area contributed by atoms with E-state index in [2.05, 4.69) is 32.5 Å². The molecule has 1 aliphatic heterocycles. The summed E-state index contributed by atoms with van der Waals surface area (Å²) in [6.07, 6.45) is -0.392. The highest BCUT2D eigenvalue weighted by molar-refractivity contribution is 5.94. The van der Waals surface area contributed by atoms with Crippen LogP contribution in [-0.4, -0.2) is 78.0 Å². The number of nitrogens with zero attached hydrogens (tertiary/aromatic N) is 4. The molecule has 9 nitrogen and oxygen atoms in total. The van der Waals surface area contributed by atoms with Gasteiger partial charge in [0.05, 0.1) is 13.0 Å². The first-order valence-corrected chi connectivity index (χ1v) is 12.7. The number of methoxy groups -OCH3 is 1. The third kappa shape index (κ3) is 6.35. The number of esters is 1. The number of benzene rings is 1. The molecule has 0 spiro atoms. The van der Waals surface area contributed by atoms with Gasteiger partial charge in [0.25, 0.3) is 5.91 Å². The number of anilines is 3. The van der Waals surface area contributed by atoms with Gasteiger partial charge in [-0.2, -0.15) is 18.2 Å². The number of amides is 1. The van der Waals surface area contributed by atoms with Gasteiger partial charge >= 0.3 is 12.1 Å². The second-order valence-electron chi connectivity index (χ2n) is 9.92. The second kappa shape index (κ2) is 11.5. The molecule has 4 rings (SSSR count). The molecule has 1 aliphatic carbocycles. The SMILES string of the molecule is COC(=O)[C@H]1CCC[C@H]1Nc1nc(Nc2ccc(C(=O)N(C)C3CCN(C)CC3)cc2)ncc1C(F)(F)F. The number of ether oxygens (including phenoxy) is 1. The Morgan fingerprint density at radius 1 is 1.11 bits per heavy atom. The maximum absolute atomic E-state index is 13.7. The van der Waals surface area contributed by atoms with E-state index in [1.54, 1.807) is 29.2 Å². The molecule has 1 aromatic carbocycles. The Labute approximate surface area is 219 Å². The fraction of sp³-hybridized carbons (Fsp3) is 0.538. The van der Waals surface area contributed by atoms with Gasteiger partial charge < -0.3 is 25.2 Å². The molecule has 1 saturated heterocycles.